The van der Waals surface area contributed by atoms with Gasteiger partial charge in [0.1, 0.15) is 5.82 Å². The van der Waals surface area contributed by atoms with E-state index in [0.717, 1.165) is 29.5 Å². The lowest BCUT2D eigenvalue weighted by Crippen LogP contribution is -2.17. The standard InChI is InChI=1S/C18H11F5N2OS/c1-2-6-25-15-13(20)8-12(19)9-14(15)27-17(25)24-16(26)10-4-3-5-11(7-10)18(21,22)23/h2-5,7-9H,1,6H2. The first-order chi connectivity index (χ1) is 12.7. The van der Waals surface area contributed by atoms with Crippen molar-refractivity contribution in [1.29, 1.82) is 0 Å². The van der Waals surface area contributed by atoms with Crippen molar-refractivity contribution in [3.63, 3.8) is 0 Å². The summed E-state index contributed by atoms with van der Waals surface area (Å²) in [4.78, 5) is 16.2. The Morgan fingerprint density at radius 2 is 1.96 bits per heavy atom. The van der Waals surface area contributed by atoms with Gasteiger partial charge in [0.15, 0.2) is 10.6 Å². The van der Waals surface area contributed by atoms with Crippen LogP contribution >= 0.6 is 11.3 Å². The summed E-state index contributed by atoms with van der Waals surface area (Å²) in [6, 6.07) is 5.63. The van der Waals surface area contributed by atoms with Crippen LogP contribution in [0.25, 0.3) is 10.2 Å². The van der Waals surface area contributed by atoms with Crippen molar-refractivity contribution in [3.8, 4) is 0 Å². The van der Waals surface area contributed by atoms with Crippen LogP contribution in [0.3, 0.4) is 0 Å². The third-order valence-corrected chi connectivity index (χ3v) is 4.67. The van der Waals surface area contributed by atoms with Gasteiger partial charge in [-0.3, -0.25) is 4.79 Å². The highest BCUT2D eigenvalue weighted by Gasteiger charge is 2.30. The maximum absolute atomic E-state index is 14.1. The van der Waals surface area contributed by atoms with E-state index in [1.807, 2.05) is 0 Å². The minimum Gasteiger partial charge on any atom is -0.310 e. The van der Waals surface area contributed by atoms with Crippen molar-refractivity contribution in [3.05, 3.63) is 76.6 Å². The highest BCUT2D eigenvalue weighted by atomic mass is 32.1. The Hall–Kier alpha value is -2.81. The lowest BCUT2D eigenvalue weighted by Gasteiger charge is -2.06. The minimum absolute atomic E-state index is 0.0248. The number of nitrogens with zero attached hydrogens (tertiary/aromatic N) is 2. The third kappa shape index (κ3) is 3.82. The van der Waals surface area contributed by atoms with Crippen molar-refractivity contribution < 1.29 is 26.7 Å². The molecule has 0 bridgehead atoms. The average Bonchev–Trinajstić information content (AvgIpc) is 2.92. The predicted octanol–water partition coefficient (Wildman–Crippen LogP) is 4.93. The van der Waals surface area contributed by atoms with Crippen LogP contribution in [0.15, 0.2) is 54.0 Å². The number of hydrogen-bond donors (Lipinski definition) is 0. The van der Waals surface area contributed by atoms with Gasteiger partial charge in [-0.25, -0.2) is 8.78 Å². The molecule has 0 spiro atoms. The van der Waals surface area contributed by atoms with E-state index in [9.17, 15) is 26.7 Å². The molecule has 2 aromatic carbocycles. The van der Waals surface area contributed by atoms with Gasteiger partial charge in [-0.05, 0) is 24.3 Å². The summed E-state index contributed by atoms with van der Waals surface area (Å²) in [5.74, 6) is -2.55. The summed E-state index contributed by atoms with van der Waals surface area (Å²) < 4.78 is 67.6. The van der Waals surface area contributed by atoms with Crippen LogP contribution in [0.2, 0.25) is 0 Å². The fourth-order valence-electron chi connectivity index (χ4n) is 2.49. The van der Waals surface area contributed by atoms with Crippen LogP contribution in [-0.4, -0.2) is 10.5 Å². The van der Waals surface area contributed by atoms with Gasteiger partial charge in [-0.1, -0.05) is 23.5 Å². The Morgan fingerprint density at radius 3 is 2.63 bits per heavy atom. The van der Waals surface area contributed by atoms with Crippen LogP contribution in [0.5, 0.6) is 0 Å². The minimum atomic E-state index is -4.60. The molecule has 0 saturated heterocycles. The normalized spacial score (nSPS) is 12.6. The van der Waals surface area contributed by atoms with E-state index in [4.69, 9.17) is 0 Å². The number of carbonyl (C=O) groups excluding carboxylic acids is 1. The second-order valence-electron chi connectivity index (χ2n) is 5.51. The van der Waals surface area contributed by atoms with E-state index in [-0.39, 0.29) is 27.1 Å². The number of allylic oxidation sites excluding steroid dienone is 1. The number of alkyl halides is 3. The van der Waals surface area contributed by atoms with Crippen molar-refractivity contribution in [2.75, 3.05) is 0 Å². The molecule has 140 valence electrons. The number of rotatable bonds is 3. The van der Waals surface area contributed by atoms with E-state index in [0.29, 0.717) is 12.1 Å². The van der Waals surface area contributed by atoms with E-state index in [1.165, 1.54) is 16.7 Å². The second kappa shape index (κ2) is 7.07. The van der Waals surface area contributed by atoms with E-state index in [2.05, 4.69) is 11.6 Å². The molecule has 0 aliphatic rings. The van der Waals surface area contributed by atoms with Crippen LogP contribution in [0, 0.1) is 11.6 Å². The molecular weight excluding hydrogens is 387 g/mol. The molecule has 0 atom stereocenters. The summed E-state index contributed by atoms with van der Waals surface area (Å²) in [5.41, 5.74) is -1.21. The molecule has 27 heavy (non-hydrogen) atoms. The number of amides is 1. The predicted molar refractivity (Wildman–Crippen MR) is 91.3 cm³/mol. The molecule has 3 nitrogen and oxygen atoms in total. The quantitative estimate of drug-likeness (QED) is 0.455. The lowest BCUT2D eigenvalue weighted by atomic mass is 10.1. The van der Waals surface area contributed by atoms with E-state index >= 15 is 0 Å². The number of thiazole rings is 1. The molecule has 0 fully saturated rings. The molecule has 0 saturated carbocycles. The summed E-state index contributed by atoms with van der Waals surface area (Å²) >= 11 is 0.850. The second-order valence-corrected chi connectivity index (χ2v) is 6.52. The molecule has 0 aliphatic heterocycles. The van der Waals surface area contributed by atoms with Crippen LogP contribution in [0.1, 0.15) is 15.9 Å². The Labute approximate surface area is 153 Å². The smallest absolute Gasteiger partial charge is 0.310 e. The Morgan fingerprint density at radius 1 is 1.22 bits per heavy atom. The van der Waals surface area contributed by atoms with Crippen LogP contribution in [0.4, 0.5) is 22.0 Å². The van der Waals surface area contributed by atoms with Gasteiger partial charge in [0.05, 0.1) is 15.8 Å². The van der Waals surface area contributed by atoms with Gasteiger partial charge in [0.25, 0.3) is 5.91 Å². The summed E-state index contributed by atoms with van der Waals surface area (Å²) in [5, 5.41) is 0. The molecular formula is C18H11F5N2OS. The zero-order valence-corrected chi connectivity index (χ0v) is 14.4. The maximum Gasteiger partial charge on any atom is 0.416 e. The van der Waals surface area contributed by atoms with E-state index < -0.39 is 29.3 Å². The number of benzene rings is 2. The number of aromatic nitrogens is 1. The molecule has 0 N–H and O–H groups in total. The fourth-order valence-corrected chi connectivity index (χ4v) is 3.57. The van der Waals surface area contributed by atoms with Crippen molar-refractivity contribution in [2.45, 2.75) is 12.7 Å². The maximum atomic E-state index is 14.1. The van der Waals surface area contributed by atoms with Gasteiger partial charge in [0, 0.05) is 18.2 Å². The first-order valence-corrected chi connectivity index (χ1v) is 8.38. The van der Waals surface area contributed by atoms with Crippen molar-refractivity contribution in [1.82, 2.24) is 4.57 Å². The molecule has 3 rings (SSSR count). The summed E-state index contributed by atoms with van der Waals surface area (Å²) in [6.07, 6.45) is -3.17. The van der Waals surface area contributed by atoms with Gasteiger partial charge in [-0.2, -0.15) is 18.2 Å². The van der Waals surface area contributed by atoms with Crippen molar-refractivity contribution in [2.24, 2.45) is 4.99 Å². The number of halogens is 5. The Kier molecular flexibility index (Phi) is 4.97. The Bertz CT molecular complexity index is 1110. The van der Waals surface area contributed by atoms with Crippen LogP contribution < -0.4 is 4.80 Å². The average molecular weight is 398 g/mol. The summed E-state index contributed by atoms with van der Waals surface area (Å²) in [6.45, 7) is 3.62. The topological polar surface area (TPSA) is 34.4 Å². The van der Waals surface area contributed by atoms with Gasteiger partial charge >= 0.3 is 6.18 Å². The molecule has 1 amide bonds. The molecule has 9 heteroatoms. The molecule has 0 aliphatic carbocycles. The first-order valence-electron chi connectivity index (χ1n) is 7.56. The molecule has 1 aromatic heterocycles. The fraction of sp³-hybridized carbons (Fsp3) is 0.111. The monoisotopic (exact) mass is 398 g/mol. The Balaban J connectivity index is 2.15. The molecule has 0 unspecified atom stereocenters. The highest BCUT2D eigenvalue weighted by molar-refractivity contribution is 7.16. The van der Waals surface area contributed by atoms with E-state index in [1.54, 1.807) is 0 Å². The van der Waals surface area contributed by atoms with Gasteiger partial charge in [-0.15, -0.1) is 6.58 Å². The van der Waals surface area contributed by atoms with Gasteiger partial charge in [0.2, 0.25) is 0 Å². The number of carbonyl (C=O) groups is 1. The molecule has 1 heterocycles. The first kappa shape index (κ1) is 19.0. The zero-order valence-electron chi connectivity index (χ0n) is 13.6. The third-order valence-electron chi connectivity index (χ3n) is 3.64. The number of fused-ring (bicyclic) bond motifs is 1. The highest BCUT2D eigenvalue weighted by Crippen LogP contribution is 2.29. The lowest BCUT2D eigenvalue weighted by molar-refractivity contribution is -0.137. The SMILES string of the molecule is C=CCn1c(=NC(=O)c2cccc(C(F)(F)F)c2)sc2cc(F)cc(F)c21. The summed E-state index contributed by atoms with van der Waals surface area (Å²) in [7, 11) is 0. The van der Waals surface area contributed by atoms with Crippen molar-refractivity contribution >= 4 is 27.5 Å². The molecule has 3 aromatic rings. The largest absolute Gasteiger partial charge is 0.416 e. The number of hydrogen-bond acceptors (Lipinski definition) is 2. The zero-order chi connectivity index (χ0) is 19.8. The van der Waals surface area contributed by atoms with Crippen LogP contribution in [-0.2, 0) is 12.7 Å². The van der Waals surface area contributed by atoms with Gasteiger partial charge < -0.3 is 4.57 Å². The molecule has 0 radical (unpaired) electrons.